The summed E-state index contributed by atoms with van der Waals surface area (Å²) in [5.74, 6) is -1.20. The summed E-state index contributed by atoms with van der Waals surface area (Å²) in [6, 6.07) is 10.3. The summed E-state index contributed by atoms with van der Waals surface area (Å²) < 4.78 is 29.6. The number of hydrogen-bond acceptors (Lipinski definition) is 4. The van der Waals surface area contributed by atoms with Gasteiger partial charge in [0.1, 0.15) is 17.6 Å². The van der Waals surface area contributed by atoms with Gasteiger partial charge in [0.25, 0.3) is 5.76 Å². The number of anilines is 1. The van der Waals surface area contributed by atoms with Gasteiger partial charge in [-0.15, -0.1) is 0 Å². The van der Waals surface area contributed by atoms with Crippen LogP contribution in [0.4, 0.5) is 14.5 Å². The van der Waals surface area contributed by atoms with Gasteiger partial charge in [-0.25, -0.2) is 0 Å². The molecule has 0 saturated heterocycles. The quantitative estimate of drug-likeness (QED) is 0.821. The summed E-state index contributed by atoms with van der Waals surface area (Å²) >= 11 is 6.40. The van der Waals surface area contributed by atoms with Crippen molar-refractivity contribution in [3.8, 4) is 6.07 Å². The number of nitrogens with one attached hydrogen (secondary N) is 1. The zero-order valence-electron chi connectivity index (χ0n) is 10.8. The lowest BCUT2D eigenvalue weighted by Crippen LogP contribution is -2.00. The Morgan fingerprint density at radius 3 is 2.76 bits per heavy atom. The second-order valence-corrected chi connectivity index (χ2v) is 5.51. The Bertz CT molecular complexity index is 655. The smallest absolute Gasteiger partial charge is 0.284 e. The average molecular weight is 329 g/mol. The molecule has 0 aliphatic heterocycles. The highest BCUT2D eigenvalue weighted by Crippen LogP contribution is 2.23. The molecule has 2 rings (SSSR count). The average Bonchev–Trinajstić information content (AvgIpc) is 2.91. The third-order valence-electron chi connectivity index (χ3n) is 2.62. The van der Waals surface area contributed by atoms with Gasteiger partial charge >= 0.3 is 0 Å². The fourth-order valence-electron chi connectivity index (χ4n) is 1.68. The number of alkyl halides is 2. The minimum atomic E-state index is -2.42. The summed E-state index contributed by atoms with van der Waals surface area (Å²) in [5.41, 5.74) is 1.07. The van der Waals surface area contributed by atoms with E-state index in [1.165, 1.54) is 0 Å². The summed E-state index contributed by atoms with van der Waals surface area (Å²) in [6.45, 7) is 0.342. The van der Waals surface area contributed by atoms with Gasteiger partial charge in [0.15, 0.2) is 0 Å². The van der Waals surface area contributed by atoms with Crippen molar-refractivity contribution in [2.45, 2.75) is 18.1 Å². The number of benzene rings is 1. The van der Waals surface area contributed by atoms with E-state index in [1.54, 1.807) is 30.3 Å². The standard InChI is InChI=1S/C14H11ClF2N2OS/c15-10-2-1-9(6-18)13(5-10)19-7-11-3-4-12(20-11)8-21-14(16)17/h1-5,14,19H,7-8H2. The molecule has 1 N–H and O–H groups in total. The van der Waals surface area contributed by atoms with Crippen LogP contribution in [0.3, 0.4) is 0 Å². The van der Waals surface area contributed by atoms with Crippen molar-refractivity contribution in [1.82, 2.24) is 0 Å². The first-order chi connectivity index (χ1) is 10.1. The van der Waals surface area contributed by atoms with Gasteiger partial charge in [-0.1, -0.05) is 23.4 Å². The zero-order chi connectivity index (χ0) is 15.2. The second-order valence-electron chi connectivity index (χ2n) is 4.09. The number of nitrogens with zero attached hydrogens (tertiary/aromatic N) is 1. The second kappa shape index (κ2) is 7.34. The van der Waals surface area contributed by atoms with Gasteiger partial charge < -0.3 is 9.73 Å². The van der Waals surface area contributed by atoms with Crippen molar-refractivity contribution in [2.75, 3.05) is 5.32 Å². The first-order valence-electron chi connectivity index (χ1n) is 5.99. The molecule has 0 fully saturated rings. The molecule has 7 heteroatoms. The Balaban J connectivity index is 1.97. The molecule has 0 unspecified atom stereocenters. The van der Waals surface area contributed by atoms with Crippen LogP contribution < -0.4 is 5.32 Å². The van der Waals surface area contributed by atoms with Crippen molar-refractivity contribution in [1.29, 1.82) is 5.26 Å². The third kappa shape index (κ3) is 4.66. The topological polar surface area (TPSA) is 49.0 Å². The lowest BCUT2D eigenvalue weighted by Gasteiger charge is -2.07. The molecular weight excluding hydrogens is 318 g/mol. The van der Waals surface area contributed by atoms with Gasteiger partial charge in [0.05, 0.1) is 23.5 Å². The minimum absolute atomic E-state index is 0.123. The van der Waals surface area contributed by atoms with E-state index in [-0.39, 0.29) is 5.75 Å². The number of hydrogen-bond donors (Lipinski definition) is 1. The van der Waals surface area contributed by atoms with Crippen LogP contribution in [0, 0.1) is 11.3 Å². The third-order valence-corrected chi connectivity index (χ3v) is 3.56. The molecule has 0 spiro atoms. The van der Waals surface area contributed by atoms with Gasteiger partial charge in [0, 0.05) is 5.02 Å². The van der Waals surface area contributed by atoms with Crippen LogP contribution >= 0.6 is 23.4 Å². The van der Waals surface area contributed by atoms with Crippen molar-refractivity contribution in [2.24, 2.45) is 0 Å². The van der Waals surface area contributed by atoms with E-state index in [4.69, 9.17) is 21.3 Å². The predicted molar refractivity (Wildman–Crippen MR) is 79.5 cm³/mol. The molecule has 0 aliphatic carbocycles. The first kappa shape index (κ1) is 15.7. The van der Waals surface area contributed by atoms with Crippen molar-refractivity contribution in [3.05, 3.63) is 52.4 Å². The molecule has 0 radical (unpaired) electrons. The number of halogens is 3. The fraction of sp³-hybridized carbons (Fsp3) is 0.214. The largest absolute Gasteiger partial charge is 0.463 e. The van der Waals surface area contributed by atoms with Crippen molar-refractivity contribution in [3.63, 3.8) is 0 Å². The van der Waals surface area contributed by atoms with Gasteiger partial charge in [0.2, 0.25) is 0 Å². The Labute approximate surface area is 129 Å². The van der Waals surface area contributed by atoms with E-state index in [9.17, 15) is 8.78 Å². The molecule has 1 heterocycles. The monoisotopic (exact) mass is 328 g/mol. The molecule has 1 aromatic heterocycles. The summed E-state index contributed by atoms with van der Waals surface area (Å²) in [5, 5.41) is 12.6. The molecular formula is C14H11ClF2N2OS. The van der Waals surface area contributed by atoms with Crippen LogP contribution in [0.2, 0.25) is 5.02 Å². The van der Waals surface area contributed by atoms with Crippen LogP contribution in [-0.4, -0.2) is 5.76 Å². The van der Waals surface area contributed by atoms with E-state index in [0.717, 1.165) is 0 Å². The number of thioether (sulfide) groups is 1. The van der Waals surface area contributed by atoms with E-state index in [1.807, 2.05) is 0 Å². The normalized spacial score (nSPS) is 10.6. The summed E-state index contributed by atoms with van der Waals surface area (Å²) in [6.07, 6.45) is 0. The Morgan fingerprint density at radius 2 is 2.05 bits per heavy atom. The molecule has 1 aromatic carbocycles. The fourth-order valence-corrected chi connectivity index (χ4v) is 2.30. The van der Waals surface area contributed by atoms with Gasteiger partial charge in [-0.3, -0.25) is 0 Å². The summed E-state index contributed by atoms with van der Waals surface area (Å²) in [7, 11) is 0. The summed E-state index contributed by atoms with van der Waals surface area (Å²) in [4.78, 5) is 0. The van der Waals surface area contributed by atoms with Crippen LogP contribution in [0.15, 0.2) is 34.7 Å². The molecule has 0 bridgehead atoms. The van der Waals surface area contributed by atoms with Gasteiger partial charge in [-0.2, -0.15) is 14.0 Å². The highest BCUT2D eigenvalue weighted by Gasteiger charge is 2.08. The molecule has 3 nitrogen and oxygen atoms in total. The Morgan fingerprint density at radius 1 is 1.29 bits per heavy atom. The number of nitriles is 1. The maximum absolute atomic E-state index is 12.1. The molecule has 21 heavy (non-hydrogen) atoms. The number of furan rings is 1. The first-order valence-corrected chi connectivity index (χ1v) is 7.42. The molecule has 2 aromatic rings. The molecule has 0 atom stereocenters. The minimum Gasteiger partial charge on any atom is -0.463 e. The van der Waals surface area contributed by atoms with Crippen molar-refractivity contribution >= 4 is 29.1 Å². The van der Waals surface area contributed by atoms with Crippen LogP contribution in [0.25, 0.3) is 0 Å². The van der Waals surface area contributed by atoms with E-state index >= 15 is 0 Å². The highest BCUT2D eigenvalue weighted by molar-refractivity contribution is 7.98. The van der Waals surface area contributed by atoms with Crippen LogP contribution in [-0.2, 0) is 12.3 Å². The van der Waals surface area contributed by atoms with E-state index < -0.39 is 5.76 Å². The SMILES string of the molecule is N#Cc1ccc(Cl)cc1NCc1ccc(CSC(F)F)o1. The maximum atomic E-state index is 12.1. The number of rotatable bonds is 6. The predicted octanol–water partition coefficient (Wildman–Crippen LogP) is 4.87. The van der Waals surface area contributed by atoms with Crippen LogP contribution in [0.1, 0.15) is 17.1 Å². The Hall–Kier alpha value is -1.71. The Kier molecular flexibility index (Phi) is 5.48. The van der Waals surface area contributed by atoms with Crippen LogP contribution in [0.5, 0.6) is 0 Å². The van der Waals surface area contributed by atoms with Gasteiger partial charge in [-0.05, 0) is 30.3 Å². The maximum Gasteiger partial charge on any atom is 0.284 e. The lowest BCUT2D eigenvalue weighted by molar-refractivity contribution is 0.251. The lowest BCUT2D eigenvalue weighted by atomic mass is 10.2. The van der Waals surface area contributed by atoms with E-state index in [2.05, 4.69) is 11.4 Å². The van der Waals surface area contributed by atoms with Crippen molar-refractivity contribution < 1.29 is 13.2 Å². The molecule has 0 amide bonds. The molecule has 0 saturated carbocycles. The molecule has 110 valence electrons. The zero-order valence-corrected chi connectivity index (χ0v) is 12.3. The van der Waals surface area contributed by atoms with E-state index in [0.29, 0.717) is 46.1 Å². The highest BCUT2D eigenvalue weighted by atomic mass is 35.5. The molecule has 0 aliphatic rings.